The second-order valence-electron chi connectivity index (χ2n) is 1.47. The predicted octanol–water partition coefficient (Wildman–Crippen LogP) is -0.629. The van der Waals surface area contributed by atoms with Gasteiger partial charge in [-0.25, -0.2) is 0 Å². The van der Waals surface area contributed by atoms with Crippen molar-refractivity contribution < 1.29 is 9.90 Å². The van der Waals surface area contributed by atoms with Crippen LogP contribution in [0.25, 0.3) is 0 Å². The van der Waals surface area contributed by atoms with Gasteiger partial charge in [-0.1, -0.05) is 12.8 Å². The molecule has 8 heavy (non-hydrogen) atoms. The second-order valence-corrected chi connectivity index (χ2v) is 1.73. The second kappa shape index (κ2) is 3.88. The molecule has 0 fully saturated rings. The van der Waals surface area contributed by atoms with Gasteiger partial charge in [0.15, 0.2) is 0 Å². The van der Waals surface area contributed by atoms with Crippen molar-refractivity contribution in [1.29, 1.82) is 0 Å². The highest BCUT2D eigenvalue weighted by Crippen LogP contribution is 1.83. The first-order valence-corrected chi connectivity index (χ1v) is 2.68. The number of aliphatic hydroxyl groups is 1. The van der Waals surface area contributed by atoms with Gasteiger partial charge in [-0.3, -0.25) is 9.52 Å². The molecular weight excluding hydrogens is 126 g/mol. The Morgan fingerprint density at radius 1 is 2.00 bits per heavy atom. The maximum Gasteiger partial charge on any atom is 0.149 e. The highest BCUT2D eigenvalue weighted by molar-refractivity contribution is 7.78. The molecule has 0 rings (SSSR count). The summed E-state index contributed by atoms with van der Waals surface area (Å²) in [6.07, 6.45) is 0. The van der Waals surface area contributed by atoms with Crippen molar-refractivity contribution in [2.24, 2.45) is 0 Å². The van der Waals surface area contributed by atoms with Crippen LogP contribution in [0.2, 0.25) is 0 Å². The molecule has 1 atom stereocenters. The van der Waals surface area contributed by atoms with Crippen LogP contribution in [0, 0.1) is 0 Å². The Labute approximate surface area is 53.6 Å². The van der Waals surface area contributed by atoms with E-state index >= 15 is 0 Å². The molecule has 0 unspecified atom stereocenters. The van der Waals surface area contributed by atoms with Gasteiger partial charge in [0.1, 0.15) is 5.78 Å². The molecule has 2 N–H and O–H groups in total. The molecule has 0 saturated heterocycles. The van der Waals surface area contributed by atoms with Crippen molar-refractivity contribution >= 4 is 18.6 Å². The van der Waals surface area contributed by atoms with Crippen LogP contribution in [-0.2, 0) is 4.79 Å². The van der Waals surface area contributed by atoms with Crippen LogP contribution in [0.1, 0.15) is 6.92 Å². The third-order valence-electron chi connectivity index (χ3n) is 0.829. The fraction of sp³-hybridized carbons (Fsp3) is 0.750. The van der Waals surface area contributed by atoms with E-state index in [1.54, 1.807) is 0 Å². The van der Waals surface area contributed by atoms with Crippen molar-refractivity contribution in [3.63, 3.8) is 0 Å². The average molecular weight is 135 g/mol. The molecule has 4 heteroatoms. The lowest BCUT2D eigenvalue weighted by Crippen LogP contribution is -2.32. The third kappa shape index (κ3) is 2.30. The fourth-order valence-electron chi connectivity index (χ4n) is 0.260. The lowest BCUT2D eigenvalue weighted by atomic mass is 10.2. The molecule has 48 valence electrons. The smallest absolute Gasteiger partial charge is 0.149 e. The number of carbonyl (C=O) groups excluding carboxylic acids is 1. The van der Waals surface area contributed by atoms with Crippen molar-refractivity contribution in [2.45, 2.75) is 13.0 Å². The van der Waals surface area contributed by atoms with E-state index in [9.17, 15) is 4.79 Å². The highest BCUT2D eigenvalue weighted by atomic mass is 32.1. The monoisotopic (exact) mass is 135 g/mol. The Kier molecular flexibility index (Phi) is 3.85. The summed E-state index contributed by atoms with van der Waals surface area (Å²) in [6.45, 7) is 1.20. The molecule has 0 aliphatic heterocycles. The van der Waals surface area contributed by atoms with Gasteiger partial charge < -0.3 is 5.11 Å². The van der Waals surface area contributed by atoms with Gasteiger partial charge in [0.2, 0.25) is 0 Å². The molecule has 0 aromatic carbocycles. The number of nitrogens with one attached hydrogen (secondary N) is 1. The van der Waals surface area contributed by atoms with Crippen LogP contribution in [0.5, 0.6) is 0 Å². The summed E-state index contributed by atoms with van der Waals surface area (Å²) in [4.78, 5) is 10.3. The average Bonchev–Trinajstić information content (AvgIpc) is 1.69. The van der Waals surface area contributed by atoms with Gasteiger partial charge in [-0.2, -0.15) is 0 Å². The maximum atomic E-state index is 10.3. The number of rotatable bonds is 3. The number of hydrogen-bond acceptors (Lipinski definition) is 4. The van der Waals surface area contributed by atoms with E-state index in [2.05, 4.69) is 17.5 Å². The summed E-state index contributed by atoms with van der Waals surface area (Å²) >= 11 is 3.60. The molecule has 0 spiro atoms. The number of carbonyl (C=O) groups is 1. The minimum absolute atomic E-state index is 0.109. The van der Waals surface area contributed by atoms with Gasteiger partial charge >= 0.3 is 0 Å². The van der Waals surface area contributed by atoms with Crippen LogP contribution < -0.4 is 4.72 Å². The van der Waals surface area contributed by atoms with Gasteiger partial charge in [0, 0.05) is 0 Å². The number of aliphatic hydroxyl groups excluding tert-OH is 1. The van der Waals surface area contributed by atoms with E-state index in [0.717, 1.165) is 0 Å². The van der Waals surface area contributed by atoms with Crippen LogP contribution in [0.15, 0.2) is 0 Å². The number of ketones is 1. The quantitative estimate of drug-likeness (QED) is 0.452. The fourth-order valence-corrected chi connectivity index (χ4v) is 0.524. The van der Waals surface area contributed by atoms with E-state index in [-0.39, 0.29) is 12.4 Å². The lowest BCUT2D eigenvalue weighted by molar-refractivity contribution is -0.119. The van der Waals surface area contributed by atoms with Gasteiger partial charge in [0.05, 0.1) is 12.6 Å². The normalized spacial score (nSPS) is 13.4. The third-order valence-corrected chi connectivity index (χ3v) is 1.14. The summed E-state index contributed by atoms with van der Waals surface area (Å²) < 4.78 is 2.35. The summed E-state index contributed by atoms with van der Waals surface area (Å²) in [7, 11) is 0. The van der Waals surface area contributed by atoms with E-state index in [1.807, 2.05) is 0 Å². The van der Waals surface area contributed by atoms with Gasteiger partial charge in [0.25, 0.3) is 0 Å². The first kappa shape index (κ1) is 7.94. The lowest BCUT2D eigenvalue weighted by Gasteiger charge is -2.05. The topological polar surface area (TPSA) is 49.3 Å². The molecule has 3 nitrogen and oxygen atoms in total. The summed E-state index contributed by atoms with van der Waals surface area (Å²) in [5.74, 6) is -0.109. The van der Waals surface area contributed by atoms with Crippen LogP contribution in [-0.4, -0.2) is 23.5 Å². The summed E-state index contributed by atoms with van der Waals surface area (Å²) in [5.41, 5.74) is 0. The minimum atomic E-state index is -0.515. The Bertz CT molecular complexity index is 82.1. The molecule has 0 aliphatic carbocycles. The Hall–Kier alpha value is -0.0600. The predicted molar refractivity (Wildman–Crippen MR) is 33.7 cm³/mol. The molecular formula is C4H9NO2S. The number of hydrogen-bond donors (Lipinski definition) is 3. The molecule has 0 bridgehead atoms. The molecule has 0 heterocycles. The van der Waals surface area contributed by atoms with Crippen molar-refractivity contribution in [3.8, 4) is 0 Å². The molecule has 0 aromatic rings. The molecule has 0 saturated carbocycles. The molecule has 0 amide bonds. The Morgan fingerprint density at radius 3 is 2.50 bits per heavy atom. The molecule has 0 aromatic heterocycles. The standard InChI is InChI=1S/C4H9NO2S/c1-3(7)4(2-6)5-8/h4-6,8H,2H2,1H3/t4-/m0/s1. The van der Waals surface area contributed by atoms with Crippen LogP contribution in [0.4, 0.5) is 0 Å². The summed E-state index contributed by atoms with van der Waals surface area (Å²) in [5, 5.41) is 8.36. The zero-order valence-corrected chi connectivity index (χ0v) is 5.48. The largest absolute Gasteiger partial charge is 0.394 e. The Balaban J connectivity index is 3.52. The van der Waals surface area contributed by atoms with Crippen LogP contribution >= 0.6 is 12.8 Å². The van der Waals surface area contributed by atoms with Gasteiger partial charge in [-0.15, -0.1) is 0 Å². The van der Waals surface area contributed by atoms with Crippen LogP contribution in [0.3, 0.4) is 0 Å². The number of Topliss-reactive ketones (excluding diaryl/α,β-unsaturated/α-hetero) is 1. The van der Waals surface area contributed by atoms with Crippen molar-refractivity contribution in [3.05, 3.63) is 0 Å². The first-order chi connectivity index (χ1) is 3.72. The Morgan fingerprint density at radius 2 is 2.50 bits per heavy atom. The van der Waals surface area contributed by atoms with E-state index in [0.29, 0.717) is 0 Å². The van der Waals surface area contributed by atoms with E-state index in [1.165, 1.54) is 6.92 Å². The van der Waals surface area contributed by atoms with E-state index < -0.39 is 6.04 Å². The zero-order valence-electron chi connectivity index (χ0n) is 4.59. The first-order valence-electron chi connectivity index (χ1n) is 2.23. The maximum absolute atomic E-state index is 10.3. The zero-order chi connectivity index (χ0) is 6.57. The van der Waals surface area contributed by atoms with Crippen molar-refractivity contribution in [2.75, 3.05) is 6.61 Å². The SMILES string of the molecule is CC(=O)[C@H](CO)NS. The minimum Gasteiger partial charge on any atom is -0.394 e. The van der Waals surface area contributed by atoms with E-state index in [4.69, 9.17) is 5.11 Å². The highest BCUT2D eigenvalue weighted by Gasteiger charge is 2.08. The summed E-state index contributed by atoms with van der Waals surface area (Å²) in [6, 6.07) is -0.515. The number of thiol groups is 1. The van der Waals surface area contributed by atoms with Gasteiger partial charge in [-0.05, 0) is 6.92 Å². The molecule has 0 radical (unpaired) electrons. The van der Waals surface area contributed by atoms with Crippen molar-refractivity contribution in [1.82, 2.24) is 4.72 Å². The molecule has 0 aliphatic rings.